The van der Waals surface area contributed by atoms with Gasteiger partial charge in [-0.15, -0.1) is 0 Å². The lowest BCUT2D eigenvalue weighted by Crippen LogP contribution is -2.59. The number of nitrogens with zero attached hydrogens (tertiary/aromatic N) is 1. The first-order chi connectivity index (χ1) is 16.5. The Bertz CT molecular complexity index is 1170. The average Bonchev–Trinajstić information content (AvgIpc) is 3.42. The first-order valence-electron chi connectivity index (χ1n) is 11.3. The Morgan fingerprint density at radius 1 is 1.00 bits per heavy atom. The summed E-state index contributed by atoms with van der Waals surface area (Å²) in [6.45, 7) is 0.428. The molecule has 1 atom stereocenters. The number of H-pyrrole nitrogens is 1. The summed E-state index contributed by atoms with van der Waals surface area (Å²) in [5, 5.41) is 11.8. The van der Waals surface area contributed by atoms with Gasteiger partial charge in [0.25, 0.3) is 0 Å². The largest absolute Gasteiger partial charge is 0.481 e. The fourth-order valence-corrected chi connectivity index (χ4v) is 4.73. The van der Waals surface area contributed by atoms with Crippen LogP contribution in [0.1, 0.15) is 22.7 Å². The van der Waals surface area contributed by atoms with Gasteiger partial charge in [-0.1, -0.05) is 48.5 Å². The number of nitrogens with one attached hydrogen (secondary N) is 2. The predicted octanol–water partition coefficient (Wildman–Crippen LogP) is 3.01. The van der Waals surface area contributed by atoms with E-state index in [1.54, 1.807) is 6.20 Å². The SMILES string of the molecule is O=C(NC(Cc1ccc[nH]1)C(=O)N1CC(C(=O)O)C1)OCC1c2ccccc2-c2ccccc21. The third-order valence-corrected chi connectivity index (χ3v) is 6.56. The third kappa shape index (κ3) is 4.14. The molecule has 2 aliphatic rings. The molecule has 1 aliphatic carbocycles. The first kappa shape index (κ1) is 21.8. The summed E-state index contributed by atoms with van der Waals surface area (Å²) in [5.74, 6) is -1.89. The van der Waals surface area contributed by atoms with Crippen molar-refractivity contribution >= 4 is 18.0 Å². The molecule has 1 aromatic heterocycles. The maximum absolute atomic E-state index is 13.0. The van der Waals surface area contributed by atoms with Crippen LogP contribution in [0.25, 0.3) is 11.1 Å². The minimum atomic E-state index is -0.922. The molecular weight excluding hydrogens is 434 g/mol. The van der Waals surface area contributed by atoms with Gasteiger partial charge in [0.15, 0.2) is 0 Å². The summed E-state index contributed by atoms with van der Waals surface area (Å²) in [6, 6.07) is 18.9. The molecule has 0 bridgehead atoms. The Balaban J connectivity index is 1.26. The van der Waals surface area contributed by atoms with Crippen LogP contribution in [0.3, 0.4) is 0 Å². The van der Waals surface area contributed by atoms with Gasteiger partial charge in [0, 0.05) is 37.3 Å². The van der Waals surface area contributed by atoms with Crippen LogP contribution in [-0.4, -0.2) is 58.7 Å². The number of hydrogen-bond donors (Lipinski definition) is 3. The van der Waals surface area contributed by atoms with E-state index in [1.807, 2.05) is 48.5 Å². The highest BCUT2D eigenvalue weighted by atomic mass is 16.5. The summed E-state index contributed by atoms with van der Waals surface area (Å²) >= 11 is 0. The molecule has 0 spiro atoms. The summed E-state index contributed by atoms with van der Waals surface area (Å²) in [4.78, 5) is 41.4. The number of likely N-dealkylation sites (tertiary alicyclic amines) is 1. The minimum Gasteiger partial charge on any atom is -0.481 e. The smallest absolute Gasteiger partial charge is 0.407 e. The zero-order valence-electron chi connectivity index (χ0n) is 18.4. The van der Waals surface area contributed by atoms with E-state index >= 15 is 0 Å². The highest BCUT2D eigenvalue weighted by Gasteiger charge is 2.39. The van der Waals surface area contributed by atoms with Crippen LogP contribution in [0, 0.1) is 5.92 Å². The Labute approximate surface area is 196 Å². The number of carboxylic acids is 1. The number of carbonyl (C=O) groups is 3. The number of amides is 2. The molecule has 3 aromatic rings. The number of benzene rings is 2. The van der Waals surface area contributed by atoms with Crippen molar-refractivity contribution in [1.29, 1.82) is 0 Å². The van der Waals surface area contributed by atoms with E-state index in [4.69, 9.17) is 9.84 Å². The fraction of sp³-hybridized carbons (Fsp3) is 0.269. The quantitative estimate of drug-likeness (QED) is 0.503. The first-order valence-corrected chi connectivity index (χ1v) is 11.3. The molecule has 8 nitrogen and oxygen atoms in total. The number of fused-ring (bicyclic) bond motifs is 3. The van der Waals surface area contributed by atoms with Gasteiger partial charge in [-0.3, -0.25) is 9.59 Å². The van der Waals surface area contributed by atoms with E-state index < -0.39 is 24.0 Å². The molecule has 8 heteroatoms. The Kier molecular flexibility index (Phi) is 5.79. The number of aliphatic carboxylic acids is 1. The maximum Gasteiger partial charge on any atom is 0.407 e. The Morgan fingerprint density at radius 3 is 2.24 bits per heavy atom. The van der Waals surface area contributed by atoms with Crippen molar-refractivity contribution < 1.29 is 24.2 Å². The van der Waals surface area contributed by atoms with Crippen LogP contribution in [0.2, 0.25) is 0 Å². The van der Waals surface area contributed by atoms with Crippen LogP contribution < -0.4 is 5.32 Å². The van der Waals surface area contributed by atoms with E-state index in [0.29, 0.717) is 0 Å². The molecule has 1 aliphatic heterocycles. The van der Waals surface area contributed by atoms with Crippen molar-refractivity contribution in [2.24, 2.45) is 5.92 Å². The van der Waals surface area contributed by atoms with Crippen molar-refractivity contribution in [2.75, 3.05) is 19.7 Å². The summed E-state index contributed by atoms with van der Waals surface area (Å²) in [7, 11) is 0. The molecule has 1 saturated heterocycles. The van der Waals surface area contributed by atoms with Gasteiger partial charge in [-0.2, -0.15) is 0 Å². The minimum absolute atomic E-state index is 0.0811. The predicted molar refractivity (Wildman–Crippen MR) is 124 cm³/mol. The highest BCUT2D eigenvalue weighted by molar-refractivity contribution is 5.88. The molecule has 1 fully saturated rings. The van der Waals surface area contributed by atoms with Gasteiger partial charge in [-0.05, 0) is 34.4 Å². The van der Waals surface area contributed by atoms with Crippen molar-refractivity contribution in [3.8, 4) is 11.1 Å². The van der Waals surface area contributed by atoms with Gasteiger partial charge in [0.1, 0.15) is 12.6 Å². The van der Waals surface area contributed by atoms with E-state index in [0.717, 1.165) is 27.9 Å². The van der Waals surface area contributed by atoms with Gasteiger partial charge in [-0.25, -0.2) is 4.79 Å². The van der Waals surface area contributed by atoms with Crippen LogP contribution in [0.15, 0.2) is 66.9 Å². The topological polar surface area (TPSA) is 112 Å². The van der Waals surface area contributed by atoms with Crippen molar-refractivity contribution in [1.82, 2.24) is 15.2 Å². The number of aromatic nitrogens is 1. The number of hydrogen-bond acceptors (Lipinski definition) is 4. The standard InChI is InChI=1S/C26H25N3O5/c30-24(29-13-16(14-29)25(31)32)23(12-17-6-5-11-27-17)28-26(33)34-15-22-20-9-3-1-7-18(20)19-8-2-4-10-21(19)22/h1-11,16,22-23,27H,12-15H2,(H,28,33)(H,31,32). The number of rotatable bonds is 7. The monoisotopic (exact) mass is 459 g/mol. The second-order valence-corrected chi connectivity index (χ2v) is 8.70. The molecule has 0 saturated carbocycles. The van der Waals surface area contributed by atoms with Crippen molar-refractivity contribution in [2.45, 2.75) is 18.4 Å². The van der Waals surface area contributed by atoms with Crippen LogP contribution in [0.4, 0.5) is 4.79 Å². The van der Waals surface area contributed by atoms with Gasteiger partial charge in [0.2, 0.25) is 5.91 Å². The zero-order valence-corrected chi connectivity index (χ0v) is 18.4. The third-order valence-electron chi connectivity index (χ3n) is 6.56. The van der Waals surface area contributed by atoms with Crippen molar-refractivity contribution in [3.63, 3.8) is 0 Å². The molecule has 3 N–H and O–H groups in total. The van der Waals surface area contributed by atoms with E-state index in [9.17, 15) is 14.4 Å². The van der Waals surface area contributed by atoms with Crippen LogP contribution >= 0.6 is 0 Å². The second kappa shape index (κ2) is 9.05. The maximum atomic E-state index is 13.0. The van der Waals surface area contributed by atoms with Gasteiger partial charge < -0.3 is 25.0 Å². The summed E-state index contributed by atoms with van der Waals surface area (Å²) < 4.78 is 5.61. The van der Waals surface area contributed by atoms with Gasteiger partial charge >= 0.3 is 12.1 Å². The molecule has 5 rings (SSSR count). The lowest BCUT2D eigenvalue weighted by Gasteiger charge is -2.38. The highest BCUT2D eigenvalue weighted by Crippen LogP contribution is 2.44. The van der Waals surface area contributed by atoms with Crippen LogP contribution in [0.5, 0.6) is 0 Å². The Hall–Kier alpha value is -4.07. The zero-order chi connectivity index (χ0) is 23.7. The molecule has 34 heavy (non-hydrogen) atoms. The molecule has 174 valence electrons. The molecule has 2 aromatic carbocycles. The van der Waals surface area contributed by atoms with Gasteiger partial charge in [0.05, 0.1) is 5.92 Å². The molecule has 2 amide bonds. The molecular formula is C26H25N3O5. The molecule has 2 heterocycles. The average molecular weight is 460 g/mol. The van der Waals surface area contributed by atoms with Crippen molar-refractivity contribution in [3.05, 3.63) is 83.7 Å². The lowest BCUT2D eigenvalue weighted by atomic mass is 9.98. The summed E-state index contributed by atoms with van der Waals surface area (Å²) in [6.07, 6.45) is 1.32. The molecule has 0 radical (unpaired) electrons. The number of carbonyl (C=O) groups excluding carboxylic acids is 2. The fourth-order valence-electron chi connectivity index (χ4n) is 4.73. The second-order valence-electron chi connectivity index (χ2n) is 8.70. The van der Waals surface area contributed by atoms with E-state index in [2.05, 4.69) is 22.4 Å². The number of ether oxygens (including phenoxy) is 1. The summed E-state index contributed by atoms with van der Waals surface area (Å²) in [5.41, 5.74) is 5.27. The van der Waals surface area contributed by atoms with Crippen LogP contribution in [-0.2, 0) is 20.7 Å². The Morgan fingerprint density at radius 2 is 1.65 bits per heavy atom. The molecule has 1 unspecified atom stereocenters. The number of carboxylic acid groups (broad SMARTS) is 1. The van der Waals surface area contributed by atoms with E-state index in [-0.39, 0.29) is 37.9 Å². The van der Waals surface area contributed by atoms with E-state index in [1.165, 1.54) is 4.90 Å². The normalized spacial score (nSPS) is 15.7. The lowest BCUT2D eigenvalue weighted by molar-refractivity contribution is -0.153. The number of aromatic amines is 1. The number of alkyl carbamates (subject to hydrolysis) is 1.